The molecule has 0 radical (unpaired) electrons. The quantitative estimate of drug-likeness (QED) is 0.0891. The van der Waals surface area contributed by atoms with E-state index in [4.69, 9.17) is 13.8 Å². The topological polar surface area (TPSA) is 38.3 Å². The number of hydrogen-bond acceptors (Lipinski definition) is 7. The molecule has 422 valence electrons. The van der Waals surface area contributed by atoms with Crippen LogP contribution in [0.2, 0.25) is 0 Å². The van der Waals surface area contributed by atoms with Crippen molar-refractivity contribution in [3.05, 3.63) is 322 Å². The zero-order chi connectivity index (χ0) is 60.3. The van der Waals surface area contributed by atoms with Gasteiger partial charge in [-0.3, -0.25) is 0 Å². The number of pyridine rings is 1. The van der Waals surface area contributed by atoms with E-state index in [1.54, 1.807) is 6.67 Å². The van der Waals surface area contributed by atoms with Crippen LogP contribution in [0, 0.1) is 18.8 Å². The number of hydrogen-bond donors (Lipinski definition) is 0. The molecule has 0 aliphatic carbocycles. The number of ether oxygens (including phenoxy) is 1. The fourth-order valence-electron chi connectivity index (χ4n) is 12.7. The SMILES string of the molecule is [2H]C([2H])([2H])N1[CH-]N(c2[c-]c(Oc3[c-]c(N(c4cc5c6c(c4)N(c4ccc(-c7ccccc7)cc4)c4ccc(-c7ccccc7)cc4B6c4cc(-c6ccccc6)ccc4N5c4ccc(-c5ccccc5)cc4)c4ccccn4)ccc3)ccc2)c2ccccc21.[Pt]. The van der Waals surface area contributed by atoms with Gasteiger partial charge in [-0.1, -0.05) is 194 Å². The molecule has 0 unspecified atom stereocenters. The Kier molecular flexibility index (Phi) is 13.2. The smallest absolute Gasteiger partial charge is 0.252 e. The predicted octanol–water partition coefficient (Wildman–Crippen LogP) is 18.4. The summed E-state index contributed by atoms with van der Waals surface area (Å²) in [6.07, 6.45) is 1.82. The van der Waals surface area contributed by atoms with Crippen LogP contribution in [0.4, 0.5) is 68.4 Å². The Bertz CT molecular complexity index is 4600. The number of benzene rings is 12. The van der Waals surface area contributed by atoms with Gasteiger partial charge in [-0.2, -0.15) is 18.8 Å². The van der Waals surface area contributed by atoms with E-state index in [2.05, 4.69) is 245 Å². The maximum Gasteiger partial charge on any atom is 0.252 e. The minimum Gasteiger partial charge on any atom is -0.509 e. The first-order valence-electron chi connectivity index (χ1n) is 30.7. The van der Waals surface area contributed by atoms with Crippen LogP contribution < -0.4 is 45.6 Å². The zero-order valence-electron chi connectivity index (χ0n) is 50.4. The molecule has 4 heterocycles. The Morgan fingerprint density at radius 3 is 1.41 bits per heavy atom. The van der Waals surface area contributed by atoms with Crippen molar-refractivity contribution in [1.82, 2.24) is 4.98 Å². The summed E-state index contributed by atoms with van der Waals surface area (Å²) in [5, 5.41) is 0. The van der Waals surface area contributed by atoms with Crippen LogP contribution in [-0.2, 0) is 21.1 Å². The fourth-order valence-corrected chi connectivity index (χ4v) is 12.7. The van der Waals surface area contributed by atoms with Crippen LogP contribution >= 0.6 is 0 Å². The normalized spacial score (nSPS) is 13.2. The van der Waals surface area contributed by atoms with Gasteiger partial charge in [0.1, 0.15) is 5.82 Å². The van der Waals surface area contributed by atoms with Crippen molar-refractivity contribution in [2.75, 3.05) is 31.5 Å². The number of aromatic nitrogens is 1. The summed E-state index contributed by atoms with van der Waals surface area (Å²) in [5.74, 6) is 1.55. The Morgan fingerprint density at radius 2 is 0.886 bits per heavy atom. The molecule has 0 spiro atoms. The number of fused-ring (bicyclic) bond motifs is 5. The molecule has 88 heavy (non-hydrogen) atoms. The molecule has 3 aliphatic rings. The summed E-state index contributed by atoms with van der Waals surface area (Å²) >= 11 is 0. The molecule has 0 bridgehead atoms. The van der Waals surface area contributed by atoms with Gasteiger partial charge in [0, 0.05) is 94.1 Å². The van der Waals surface area contributed by atoms with Gasteiger partial charge in [0.25, 0.3) is 6.71 Å². The standard InChI is InChI=1S/C79H54BN6O.Pt/c1-82-54-83(75-33-15-14-32-74(75)82)65-28-18-30-68(50-65)87-69-31-19-29-66(51-69)84(78-34-16-17-47-81-78)67-52-76-79-77(53-67)86(64-43-37-60(38-44-64)56-22-8-3-9-23-56)73-46-40-62(58-26-12-5-13-27-58)49-71(73)80(79)70-48-61(57-24-10-4-11-25-57)39-45-72(70)85(76)63-41-35-59(36-42-63)55-20-6-2-7-21-55;/h2-49,52-54H,1H3;/q-3;/i1D3;. The van der Waals surface area contributed by atoms with Crippen molar-refractivity contribution in [2.45, 2.75) is 0 Å². The first kappa shape index (κ1) is 50.6. The van der Waals surface area contributed by atoms with Crippen LogP contribution in [0.25, 0.3) is 44.5 Å². The zero-order valence-corrected chi connectivity index (χ0v) is 49.7. The summed E-state index contributed by atoms with van der Waals surface area (Å²) in [4.78, 5) is 15.3. The monoisotopic (exact) mass is 1310 g/mol. The minimum atomic E-state index is -2.39. The molecular formula is C79H54BN6OPt-3. The molecule has 0 amide bonds. The Hall–Kier alpha value is -10.7. The van der Waals surface area contributed by atoms with Crippen LogP contribution in [-0.4, -0.2) is 18.7 Å². The van der Waals surface area contributed by atoms with Crippen LogP contribution in [0.15, 0.2) is 303 Å². The second kappa shape index (κ2) is 23.0. The van der Waals surface area contributed by atoms with E-state index in [-0.39, 0.29) is 27.8 Å². The summed E-state index contributed by atoms with van der Waals surface area (Å²) in [6, 6.07) is 111. The third-order valence-corrected chi connectivity index (χ3v) is 16.7. The molecule has 0 N–H and O–H groups in total. The molecule has 9 heteroatoms. The maximum atomic E-state index is 8.31. The average Bonchev–Trinajstić information content (AvgIpc) is 1.44. The van der Waals surface area contributed by atoms with Crippen molar-refractivity contribution in [2.24, 2.45) is 0 Å². The van der Waals surface area contributed by atoms with Gasteiger partial charge in [0.2, 0.25) is 0 Å². The van der Waals surface area contributed by atoms with Gasteiger partial charge in [0.05, 0.1) is 0 Å². The van der Waals surface area contributed by atoms with E-state index in [0.29, 0.717) is 34.4 Å². The molecule has 1 aromatic heterocycles. The first-order valence-corrected chi connectivity index (χ1v) is 29.2. The van der Waals surface area contributed by atoms with Gasteiger partial charge >= 0.3 is 0 Å². The minimum absolute atomic E-state index is 0. The van der Waals surface area contributed by atoms with Gasteiger partial charge < -0.3 is 29.2 Å². The van der Waals surface area contributed by atoms with Gasteiger partial charge in [0.15, 0.2) is 0 Å². The molecule has 3 aliphatic heterocycles. The number of anilines is 12. The molecule has 16 rings (SSSR count). The second-order valence-electron chi connectivity index (χ2n) is 21.9. The van der Waals surface area contributed by atoms with Crippen LogP contribution in [0.1, 0.15) is 4.11 Å². The Labute approximate surface area is 532 Å². The molecular weight excluding hydrogens is 1250 g/mol. The number of rotatable bonds is 12. The van der Waals surface area contributed by atoms with E-state index < -0.39 is 6.98 Å². The van der Waals surface area contributed by atoms with E-state index >= 15 is 0 Å². The Balaban J connectivity index is 0.00000689. The molecule has 0 saturated carbocycles. The van der Waals surface area contributed by atoms with Crippen LogP contribution in [0.5, 0.6) is 11.5 Å². The molecule has 7 nitrogen and oxygen atoms in total. The van der Waals surface area contributed by atoms with Gasteiger partial charge in [-0.25, -0.2) is 4.98 Å². The molecule has 0 atom stereocenters. The first-order chi connectivity index (χ1) is 44.3. The summed E-state index contributed by atoms with van der Waals surface area (Å²) < 4.78 is 31.7. The molecule has 0 saturated heterocycles. The maximum absolute atomic E-state index is 8.31. The average molecular weight is 1310 g/mol. The summed E-state index contributed by atoms with van der Waals surface area (Å²) in [5.41, 5.74) is 22.3. The van der Waals surface area contributed by atoms with Crippen molar-refractivity contribution in [1.29, 1.82) is 0 Å². The summed E-state index contributed by atoms with van der Waals surface area (Å²) in [6.45, 7) is -1.01. The van der Waals surface area contributed by atoms with E-state index in [9.17, 15) is 0 Å². The van der Waals surface area contributed by atoms with E-state index in [1.807, 2.05) is 90.0 Å². The van der Waals surface area contributed by atoms with Crippen molar-refractivity contribution in [3.63, 3.8) is 0 Å². The Morgan fingerprint density at radius 1 is 0.420 bits per heavy atom. The molecule has 0 fully saturated rings. The van der Waals surface area contributed by atoms with Gasteiger partial charge in [-0.05, 0) is 141 Å². The molecule has 13 aromatic rings. The van der Waals surface area contributed by atoms with Crippen molar-refractivity contribution >= 4 is 91.5 Å². The van der Waals surface area contributed by atoms with E-state index in [0.717, 1.165) is 95.5 Å². The second-order valence-corrected chi connectivity index (χ2v) is 21.9. The number of nitrogens with zero attached hydrogens (tertiary/aromatic N) is 6. The van der Waals surface area contributed by atoms with Gasteiger partial charge in [-0.15, -0.1) is 42.1 Å². The van der Waals surface area contributed by atoms with Crippen molar-refractivity contribution < 1.29 is 29.9 Å². The van der Waals surface area contributed by atoms with E-state index in [1.165, 1.54) is 15.8 Å². The van der Waals surface area contributed by atoms with Crippen molar-refractivity contribution in [3.8, 4) is 56.0 Å². The van der Waals surface area contributed by atoms with Crippen LogP contribution in [0.3, 0.4) is 0 Å². The third-order valence-electron chi connectivity index (χ3n) is 16.7. The number of para-hydroxylation sites is 2. The largest absolute Gasteiger partial charge is 0.509 e. The molecule has 12 aromatic carbocycles. The predicted molar refractivity (Wildman–Crippen MR) is 360 cm³/mol. The fraction of sp³-hybridized carbons (Fsp3) is 0.0127. The third kappa shape index (κ3) is 9.78. The summed E-state index contributed by atoms with van der Waals surface area (Å²) in [7, 11) is 0.